The highest BCUT2D eigenvalue weighted by Gasteiger charge is 2.22. The van der Waals surface area contributed by atoms with Gasteiger partial charge < -0.3 is 15.4 Å². The maximum Gasteiger partial charge on any atom is 0.229 e. The topological polar surface area (TPSA) is 50.4 Å². The van der Waals surface area contributed by atoms with Crippen molar-refractivity contribution in [3.8, 4) is 0 Å². The first-order chi connectivity index (χ1) is 10.2. The van der Waals surface area contributed by atoms with Crippen LogP contribution in [0.15, 0.2) is 24.3 Å². The van der Waals surface area contributed by atoms with E-state index in [1.807, 2.05) is 18.2 Å². The molecule has 2 unspecified atom stereocenters. The summed E-state index contributed by atoms with van der Waals surface area (Å²) in [5.41, 5.74) is 2.04. The molecule has 1 aromatic carbocycles. The molecule has 1 aliphatic heterocycles. The molecular formula is C17H26N2O2. The maximum absolute atomic E-state index is 12.3. The van der Waals surface area contributed by atoms with E-state index >= 15 is 0 Å². The quantitative estimate of drug-likeness (QED) is 0.846. The monoisotopic (exact) mass is 290 g/mol. The van der Waals surface area contributed by atoms with E-state index in [1.54, 1.807) is 0 Å². The predicted molar refractivity (Wildman–Crippen MR) is 85.3 cm³/mol. The number of nitrogens with one attached hydrogen (secondary N) is 2. The molecule has 2 rings (SSSR count). The van der Waals surface area contributed by atoms with Gasteiger partial charge in [0.2, 0.25) is 5.91 Å². The van der Waals surface area contributed by atoms with Gasteiger partial charge in [0.15, 0.2) is 0 Å². The van der Waals surface area contributed by atoms with Gasteiger partial charge in [0.25, 0.3) is 0 Å². The summed E-state index contributed by atoms with van der Waals surface area (Å²) in [6.07, 6.45) is 2.98. The molecule has 1 saturated heterocycles. The summed E-state index contributed by atoms with van der Waals surface area (Å²) < 4.78 is 5.40. The van der Waals surface area contributed by atoms with Crippen LogP contribution in [-0.2, 0) is 9.53 Å². The van der Waals surface area contributed by atoms with Crippen molar-refractivity contribution >= 4 is 11.6 Å². The number of benzene rings is 1. The van der Waals surface area contributed by atoms with Gasteiger partial charge in [0.05, 0.1) is 12.5 Å². The smallest absolute Gasteiger partial charge is 0.229 e. The first-order valence-electron chi connectivity index (χ1n) is 7.93. The Morgan fingerprint density at radius 1 is 1.43 bits per heavy atom. The number of carbonyl (C=O) groups is 1. The number of para-hydroxylation sites is 1. The van der Waals surface area contributed by atoms with Crippen molar-refractivity contribution in [1.29, 1.82) is 0 Å². The highest BCUT2D eigenvalue weighted by Crippen LogP contribution is 2.24. The summed E-state index contributed by atoms with van der Waals surface area (Å²) >= 11 is 0. The standard InChI is InChI=1S/C17H26N2O2/c1-3-10-18-13(2)15-8-4-5-9-16(15)19-17(20)14-7-6-11-21-12-14/h4-5,8-9,13-14,18H,3,6-7,10-12H2,1-2H3,(H,19,20). The third-order valence-corrected chi connectivity index (χ3v) is 3.92. The molecule has 1 fully saturated rings. The van der Waals surface area contributed by atoms with Crippen molar-refractivity contribution in [2.24, 2.45) is 5.92 Å². The van der Waals surface area contributed by atoms with Crippen molar-refractivity contribution in [3.05, 3.63) is 29.8 Å². The molecule has 0 aliphatic carbocycles. The molecule has 116 valence electrons. The highest BCUT2D eigenvalue weighted by molar-refractivity contribution is 5.93. The third kappa shape index (κ3) is 4.55. The fraction of sp³-hybridized carbons (Fsp3) is 0.588. The molecule has 4 nitrogen and oxygen atoms in total. The molecule has 1 amide bonds. The van der Waals surface area contributed by atoms with Gasteiger partial charge >= 0.3 is 0 Å². The molecule has 0 spiro atoms. The molecular weight excluding hydrogens is 264 g/mol. The molecule has 1 aromatic rings. The Balaban J connectivity index is 2.03. The summed E-state index contributed by atoms with van der Waals surface area (Å²) in [6.45, 7) is 6.57. The van der Waals surface area contributed by atoms with Crippen LogP contribution in [0.5, 0.6) is 0 Å². The molecule has 0 aromatic heterocycles. The number of anilines is 1. The lowest BCUT2D eigenvalue weighted by molar-refractivity contribution is -0.123. The maximum atomic E-state index is 12.3. The van der Waals surface area contributed by atoms with E-state index in [-0.39, 0.29) is 17.9 Å². The Morgan fingerprint density at radius 3 is 2.95 bits per heavy atom. The second-order valence-electron chi connectivity index (χ2n) is 5.67. The summed E-state index contributed by atoms with van der Waals surface area (Å²) in [5.74, 6) is 0.0514. The van der Waals surface area contributed by atoms with Crippen LogP contribution in [0.2, 0.25) is 0 Å². The molecule has 0 radical (unpaired) electrons. The zero-order valence-corrected chi connectivity index (χ0v) is 13.0. The van der Waals surface area contributed by atoms with Crippen LogP contribution < -0.4 is 10.6 Å². The summed E-state index contributed by atoms with van der Waals surface area (Å²) in [5, 5.41) is 6.54. The minimum Gasteiger partial charge on any atom is -0.381 e. The number of carbonyl (C=O) groups excluding carboxylic acids is 1. The number of hydrogen-bond acceptors (Lipinski definition) is 3. The molecule has 2 atom stereocenters. The molecule has 21 heavy (non-hydrogen) atoms. The van der Waals surface area contributed by atoms with E-state index < -0.39 is 0 Å². The van der Waals surface area contributed by atoms with Crippen LogP contribution in [0, 0.1) is 5.92 Å². The van der Waals surface area contributed by atoms with Crippen LogP contribution in [-0.4, -0.2) is 25.7 Å². The first-order valence-corrected chi connectivity index (χ1v) is 7.93. The number of ether oxygens (including phenoxy) is 1. The fourth-order valence-corrected chi connectivity index (χ4v) is 2.64. The van der Waals surface area contributed by atoms with Gasteiger partial charge in [-0.25, -0.2) is 0 Å². The largest absolute Gasteiger partial charge is 0.381 e. The van der Waals surface area contributed by atoms with Gasteiger partial charge in [-0.2, -0.15) is 0 Å². The Morgan fingerprint density at radius 2 is 2.24 bits per heavy atom. The summed E-state index contributed by atoms with van der Waals surface area (Å²) in [7, 11) is 0. The molecule has 0 saturated carbocycles. The average molecular weight is 290 g/mol. The zero-order chi connectivity index (χ0) is 15.1. The lowest BCUT2D eigenvalue weighted by atomic mass is 10.0. The Bertz CT molecular complexity index is 456. The van der Waals surface area contributed by atoms with E-state index in [0.29, 0.717) is 6.61 Å². The lowest BCUT2D eigenvalue weighted by Crippen LogP contribution is -2.31. The van der Waals surface area contributed by atoms with E-state index in [4.69, 9.17) is 4.74 Å². The van der Waals surface area contributed by atoms with Crippen molar-refractivity contribution < 1.29 is 9.53 Å². The zero-order valence-electron chi connectivity index (χ0n) is 13.0. The van der Waals surface area contributed by atoms with Crippen molar-refractivity contribution in [2.45, 2.75) is 39.2 Å². The van der Waals surface area contributed by atoms with Gasteiger partial charge in [0, 0.05) is 18.3 Å². The van der Waals surface area contributed by atoms with Gasteiger partial charge in [-0.05, 0) is 44.4 Å². The number of rotatable bonds is 6. The van der Waals surface area contributed by atoms with Crippen LogP contribution in [0.25, 0.3) is 0 Å². The number of hydrogen-bond donors (Lipinski definition) is 2. The van der Waals surface area contributed by atoms with E-state index in [9.17, 15) is 4.79 Å². The fourth-order valence-electron chi connectivity index (χ4n) is 2.64. The Hall–Kier alpha value is -1.39. The second kappa shape index (κ2) is 8.15. The molecule has 2 N–H and O–H groups in total. The predicted octanol–water partition coefficient (Wildman–Crippen LogP) is 3.11. The SMILES string of the molecule is CCCNC(C)c1ccccc1NC(=O)C1CCCOC1. The van der Waals surface area contributed by atoms with Gasteiger partial charge in [-0.15, -0.1) is 0 Å². The Kier molecular flexibility index (Phi) is 6.21. The minimum atomic E-state index is -0.0225. The lowest BCUT2D eigenvalue weighted by Gasteiger charge is -2.23. The van der Waals surface area contributed by atoms with Crippen molar-refractivity contribution in [2.75, 3.05) is 25.1 Å². The molecule has 4 heteroatoms. The Labute approximate surface area is 127 Å². The van der Waals surface area contributed by atoms with Crippen LogP contribution >= 0.6 is 0 Å². The summed E-state index contributed by atoms with van der Waals surface area (Å²) in [4.78, 5) is 12.3. The molecule has 0 bridgehead atoms. The van der Waals surface area contributed by atoms with E-state index in [0.717, 1.165) is 43.7 Å². The van der Waals surface area contributed by atoms with Crippen LogP contribution in [0.1, 0.15) is 44.7 Å². The second-order valence-corrected chi connectivity index (χ2v) is 5.67. The molecule has 1 heterocycles. The van der Waals surface area contributed by atoms with Crippen molar-refractivity contribution in [1.82, 2.24) is 5.32 Å². The van der Waals surface area contributed by atoms with E-state index in [2.05, 4.69) is 30.5 Å². The van der Waals surface area contributed by atoms with Crippen molar-refractivity contribution in [3.63, 3.8) is 0 Å². The average Bonchev–Trinajstić information content (AvgIpc) is 2.54. The van der Waals surface area contributed by atoms with E-state index in [1.165, 1.54) is 0 Å². The highest BCUT2D eigenvalue weighted by atomic mass is 16.5. The molecule has 1 aliphatic rings. The van der Waals surface area contributed by atoms with Gasteiger partial charge in [-0.1, -0.05) is 25.1 Å². The third-order valence-electron chi connectivity index (χ3n) is 3.92. The number of amides is 1. The van der Waals surface area contributed by atoms with Gasteiger partial charge in [-0.3, -0.25) is 4.79 Å². The van der Waals surface area contributed by atoms with Crippen LogP contribution in [0.3, 0.4) is 0 Å². The van der Waals surface area contributed by atoms with Gasteiger partial charge in [0.1, 0.15) is 0 Å². The summed E-state index contributed by atoms with van der Waals surface area (Å²) in [6, 6.07) is 8.24. The first kappa shape index (κ1) is 16.0. The minimum absolute atomic E-state index is 0.0225. The van der Waals surface area contributed by atoms with Crippen LogP contribution in [0.4, 0.5) is 5.69 Å². The normalized spacial score (nSPS) is 20.0.